The summed E-state index contributed by atoms with van der Waals surface area (Å²) in [4.78, 5) is 16.7. The molecule has 1 aromatic carbocycles. The van der Waals surface area contributed by atoms with Gasteiger partial charge in [-0.1, -0.05) is 6.07 Å². The normalized spacial score (nSPS) is 15.1. The first-order valence-electron chi connectivity index (χ1n) is 4.57. The zero-order valence-electron chi connectivity index (χ0n) is 7.18. The molecule has 0 saturated heterocycles. The van der Waals surface area contributed by atoms with Gasteiger partial charge >= 0.3 is 5.69 Å². The molecule has 3 heteroatoms. The van der Waals surface area contributed by atoms with Crippen molar-refractivity contribution in [3.63, 3.8) is 0 Å². The van der Waals surface area contributed by atoms with E-state index in [1.54, 1.807) is 0 Å². The summed E-state index contributed by atoms with van der Waals surface area (Å²) in [6, 6.07) is 4.10. The van der Waals surface area contributed by atoms with Crippen LogP contribution in [0, 0.1) is 0 Å². The second-order valence-electron chi connectivity index (χ2n) is 3.56. The Morgan fingerprint density at radius 3 is 3.00 bits per heavy atom. The minimum atomic E-state index is -0.102. The molecule has 0 radical (unpaired) electrons. The standard InChI is InChI=1S/C10H10N2O/c13-10-11-8-5-4-6-2-1-3-7(6)9(8)12-10/h4-5H,1-3H2,(H2,11,12,13). The Morgan fingerprint density at radius 2 is 2.08 bits per heavy atom. The quantitative estimate of drug-likeness (QED) is 0.622. The summed E-state index contributed by atoms with van der Waals surface area (Å²) < 4.78 is 0. The summed E-state index contributed by atoms with van der Waals surface area (Å²) in [5, 5.41) is 0. The molecule has 1 aromatic heterocycles. The summed E-state index contributed by atoms with van der Waals surface area (Å²) >= 11 is 0. The van der Waals surface area contributed by atoms with Crippen molar-refractivity contribution in [2.75, 3.05) is 0 Å². The van der Waals surface area contributed by atoms with E-state index in [9.17, 15) is 4.79 Å². The molecule has 0 saturated carbocycles. The molecule has 66 valence electrons. The van der Waals surface area contributed by atoms with Gasteiger partial charge in [0.2, 0.25) is 0 Å². The lowest BCUT2D eigenvalue weighted by atomic mass is 10.1. The van der Waals surface area contributed by atoms with E-state index in [4.69, 9.17) is 0 Å². The molecule has 2 aromatic rings. The maximum absolute atomic E-state index is 11.1. The van der Waals surface area contributed by atoms with Crippen LogP contribution in [-0.4, -0.2) is 9.97 Å². The van der Waals surface area contributed by atoms with Crippen LogP contribution in [0.4, 0.5) is 0 Å². The van der Waals surface area contributed by atoms with Crippen molar-refractivity contribution in [3.05, 3.63) is 33.7 Å². The van der Waals surface area contributed by atoms with Crippen LogP contribution in [0.25, 0.3) is 11.0 Å². The highest BCUT2D eigenvalue weighted by molar-refractivity contribution is 5.80. The third kappa shape index (κ3) is 0.869. The van der Waals surface area contributed by atoms with Crippen molar-refractivity contribution in [3.8, 4) is 0 Å². The molecule has 13 heavy (non-hydrogen) atoms. The van der Waals surface area contributed by atoms with Crippen LogP contribution in [0.1, 0.15) is 17.5 Å². The number of nitrogens with one attached hydrogen (secondary N) is 2. The number of hydrogen-bond acceptors (Lipinski definition) is 1. The summed E-state index contributed by atoms with van der Waals surface area (Å²) in [7, 11) is 0. The van der Waals surface area contributed by atoms with E-state index >= 15 is 0 Å². The fourth-order valence-corrected chi connectivity index (χ4v) is 2.18. The van der Waals surface area contributed by atoms with Crippen LogP contribution in [0.5, 0.6) is 0 Å². The summed E-state index contributed by atoms with van der Waals surface area (Å²) in [5.74, 6) is 0. The third-order valence-corrected chi connectivity index (χ3v) is 2.77. The van der Waals surface area contributed by atoms with Gasteiger partial charge in [-0.25, -0.2) is 4.79 Å². The van der Waals surface area contributed by atoms with Gasteiger partial charge in [0.1, 0.15) is 0 Å². The highest BCUT2D eigenvalue weighted by atomic mass is 16.1. The molecular formula is C10H10N2O. The lowest BCUT2D eigenvalue weighted by Gasteiger charge is -1.98. The van der Waals surface area contributed by atoms with Crippen molar-refractivity contribution in [2.45, 2.75) is 19.3 Å². The molecule has 0 aliphatic heterocycles. The van der Waals surface area contributed by atoms with Crippen molar-refractivity contribution < 1.29 is 0 Å². The fraction of sp³-hybridized carbons (Fsp3) is 0.300. The van der Waals surface area contributed by atoms with Crippen molar-refractivity contribution in [2.24, 2.45) is 0 Å². The minimum Gasteiger partial charge on any atom is -0.306 e. The average Bonchev–Trinajstić information content (AvgIpc) is 2.65. The number of aryl methyl sites for hydroxylation is 2. The number of H-pyrrole nitrogens is 2. The largest absolute Gasteiger partial charge is 0.323 e. The Bertz CT molecular complexity index is 521. The number of hydrogen-bond donors (Lipinski definition) is 2. The van der Waals surface area contributed by atoms with E-state index in [1.165, 1.54) is 17.5 Å². The fourth-order valence-electron chi connectivity index (χ4n) is 2.18. The zero-order chi connectivity index (χ0) is 8.84. The van der Waals surface area contributed by atoms with Gasteiger partial charge in [0.25, 0.3) is 0 Å². The van der Waals surface area contributed by atoms with Gasteiger partial charge in [-0.2, -0.15) is 0 Å². The van der Waals surface area contributed by atoms with Crippen LogP contribution in [0.2, 0.25) is 0 Å². The van der Waals surface area contributed by atoms with E-state index in [-0.39, 0.29) is 5.69 Å². The van der Waals surface area contributed by atoms with Crippen molar-refractivity contribution in [1.82, 2.24) is 9.97 Å². The summed E-state index contributed by atoms with van der Waals surface area (Å²) in [5.41, 5.74) is 4.57. The van der Waals surface area contributed by atoms with E-state index in [1.807, 2.05) is 6.07 Å². The maximum atomic E-state index is 11.1. The lowest BCUT2D eigenvalue weighted by molar-refractivity contribution is 0.912. The molecule has 1 heterocycles. The minimum absolute atomic E-state index is 0.102. The van der Waals surface area contributed by atoms with Crippen molar-refractivity contribution >= 4 is 11.0 Å². The van der Waals surface area contributed by atoms with Crippen LogP contribution < -0.4 is 5.69 Å². The van der Waals surface area contributed by atoms with Gasteiger partial charge in [0.15, 0.2) is 0 Å². The molecular weight excluding hydrogens is 164 g/mol. The van der Waals surface area contributed by atoms with Crippen LogP contribution in [-0.2, 0) is 12.8 Å². The first kappa shape index (κ1) is 6.95. The van der Waals surface area contributed by atoms with E-state index in [0.29, 0.717) is 0 Å². The van der Waals surface area contributed by atoms with Gasteiger partial charge in [-0.05, 0) is 36.5 Å². The number of fused-ring (bicyclic) bond motifs is 3. The van der Waals surface area contributed by atoms with Crippen LogP contribution in [0.15, 0.2) is 16.9 Å². The molecule has 0 bridgehead atoms. The second-order valence-corrected chi connectivity index (χ2v) is 3.56. The SMILES string of the molecule is O=c1[nH]c2ccc3c(c2[nH]1)CCC3. The van der Waals surface area contributed by atoms with E-state index < -0.39 is 0 Å². The van der Waals surface area contributed by atoms with Crippen LogP contribution >= 0.6 is 0 Å². The van der Waals surface area contributed by atoms with Gasteiger partial charge in [-0.3, -0.25) is 0 Å². The molecule has 0 unspecified atom stereocenters. The molecule has 1 aliphatic carbocycles. The van der Waals surface area contributed by atoms with Crippen LogP contribution in [0.3, 0.4) is 0 Å². The lowest BCUT2D eigenvalue weighted by Crippen LogP contribution is -1.99. The predicted octanol–water partition coefficient (Wildman–Crippen LogP) is 1.34. The van der Waals surface area contributed by atoms with E-state index in [0.717, 1.165) is 23.9 Å². The Morgan fingerprint density at radius 1 is 1.15 bits per heavy atom. The predicted molar refractivity (Wildman–Crippen MR) is 50.9 cm³/mol. The first-order chi connectivity index (χ1) is 6.34. The second kappa shape index (κ2) is 2.25. The number of imidazole rings is 1. The molecule has 1 aliphatic rings. The topological polar surface area (TPSA) is 48.6 Å². The molecule has 2 N–H and O–H groups in total. The zero-order valence-corrected chi connectivity index (χ0v) is 7.18. The van der Waals surface area contributed by atoms with E-state index in [2.05, 4.69) is 16.0 Å². The molecule has 0 atom stereocenters. The van der Waals surface area contributed by atoms with Gasteiger partial charge < -0.3 is 9.97 Å². The monoisotopic (exact) mass is 174 g/mol. The van der Waals surface area contributed by atoms with Gasteiger partial charge in [0, 0.05) is 0 Å². The smallest absolute Gasteiger partial charge is 0.306 e. The Hall–Kier alpha value is -1.51. The number of aromatic nitrogens is 2. The Kier molecular flexibility index (Phi) is 1.20. The molecule has 0 spiro atoms. The Balaban J connectivity index is 2.49. The molecule has 3 nitrogen and oxygen atoms in total. The molecule has 0 amide bonds. The molecule has 3 rings (SSSR count). The molecule has 0 fully saturated rings. The van der Waals surface area contributed by atoms with Gasteiger partial charge in [0.05, 0.1) is 11.0 Å². The summed E-state index contributed by atoms with van der Waals surface area (Å²) in [6.45, 7) is 0. The summed E-state index contributed by atoms with van der Waals surface area (Å²) in [6.07, 6.45) is 3.46. The van der Waals surface area contributed by atoms with Crippen molar-refractivity contribution in [1.29, 1.82) is 0 Å². The van der Waals surface area contributed by atoms with Gasteiger partial charge in [-0.15, -0.1) is 0 Å². The third-order valence-electron chi connectivity index (χ3n) is 2.77. The number of benzene rings is 1. The maximum Gasteiger partial charge on any atom is 0.323 e. The number of aromatic amines is 2. The Labute approximate surface area is 74.8 Å². The highest BCUT2D eigenvalue weighted by Gasteiger charge is 2.14. The average molecular weight is 174 g/mol. The highest BCUT2D eigenvalue weighted by Crippen LogP contribution is 2.26. The first-order valence-corrected chi connectivity index (χ1v) is 4.57. The number of rotatable bonds is 0.